The van der Waals surface area contributed by atoms with Gasteiger partial charge in [-0.2, -0.15) is 24.3 Å². The summed E-state index contributed by atoms with van der Waals surface area (Å²) in [6.07, 6.45) is 0. The van der Waals surface area contributed by atoms with Gasteiger partial charge in [-0.15, -0.1) is 57.9 Å². The second-order valence-electron chi connectivity index (χ2n) is 10.3. The molecule has 0 atom stereocenters. The fourth-order valence-corrected chi connectivity index (χ4v) is 5.72. The van der Waals surface area contributed by atoms with Crippen LogP contribution in [0.25, 0.3) is 65.3 Å². The second kappa shape index (κ2) is 16.0. The molecule has 8 aromatic rings. The molecule has 0 nitrogen and oxygen atoms in total. The summed E-state index contributed by atoms with van der Waals surface area (Å²) in [6.45, 7) is 4.31. The summed E-state index contributed by atoms with van der Waals surface area (Å²) in [5.74, 6) is 0. The number of fused-ring (bicyclic) bond motifs is 4. The summed E-state index contributed by atoms with van der Waals surface area (Å²) in [5, 5.41) is 10.5. The normalized spacial score (nSPS) is 10.4. The van der Waals surface area contributed by atoms with Crippen LogP contribution in [0.2, 0.25) is 13.1 Å². The first-order valence-electron chi connectivity index (χ1n) is 14.5. The molecule has 0 amide bonds. The van der Waals surface area contributed by atoms with Crippen molar-refractivity contribution in [2.75, 3.05) is 0 Å². The molecule has 0 heterocycles. The maximum atomic E-state index is 4.89. The minimum atomic E-state index is -0.556. The van der Waals surface area contributed by atoms with Crippen LogP contribution >= 0.6 is 18.6 Å². The van der Waals surface area contributed by atoms with Gasteiger partial charge in [0, 0.05) is 9.52 Å². The Kier molecular flexibility index (Phi) is 11.7. The molecule has 0 aliphatic carbocycles. The smallest absolute Gasteiger partial charge is 0.0114 e. The fraction of sp³-hybridized carbons (Fsp3) is 0.0500. The molecule has 0 N–H and O–H groups in total. The van der Waals surface area contributed by atoms with Crippen LogP contribution in [0.15, 0.2) is 158 Å². The van der Waals surface area contributed by atoms with Crippen molar-refractivity contribution in [1.29, 1.82) is 0 Å². The Bertz CT molecular complexity index is 1930. The van der Waals surface area contributed by atoms with Crippen LogP contribution in [0, 0.1) is 0 Å². The van der Waals surface area contributed by atoms with Crippen molar-refractivity contribution in [3.63, 3.8) is 0 Å². The van der Waals surface area contributed by atoms with Crippen molar-refractivity contribution in [2.24, 2.45) is 0 Å². The third-order valence-corrected chi connectivity index (χ3v) is 7.52. The maximum absolute atomic E-state index is 4.89. The minimum Gasteiger partial charge on any atom is -0.168 e. The molecule has 8 aromatic carbocycles. The van der Waals surface area contributed by atoms with Crippen LogP contribution in [-0.4, -0.2) is 9.52 Å². The molecular formula is C40H32Cl2SiTi-2. The zero-order valence-electron chi connectivity index (χ0n) is 24.8. The molecule has 2 radical (unpaired) electrons. The number of benzene rings is 6. The van der Waals surface area contributed by atoms with E-state index >= 15 is 0 Å². The van der Waals surface area contributed by atoms with Gasteiger partial charge in [0.15, 0.2) is 0 Å². The summed E-state index contributed by atoms with van der Waals surface area (Å²) in [4.78, 5) is 0. The number of halogens is 2. The number of rotatable bonds is 2. The molecule has 0 aliphatic heterocycles. The van der Waals surface area contributed by atoms with Crippen molar-refractivity contribution in [1.82, 2.24) is 0 Å². The van der Waals surface area contributed by atoms with Crippen LogP contribution < -0.4 is 0 Å². The van der Waals surface area contributed by atoms with Gasteiger partial charge in [-0.05, 0) is 32.7 Å². The van der Waals surface area contributed by atoms with Gasteiger partial charge in [-0.1, -0.05) is 121 Å². The van der Waals surface area contributed by atoms with E-state index in [0.717, 1.165) is 9.52 Å². The molecule has 4 heteroatoms. The third kappa shape index (κ3) is 7.26. The molecule has 216 valence electrons. The van der Waals surface area contributed by atoms with Gasteiger partial charge in [0.05, 0.1) is 0 Å². The van der Waals surface area contributed by atoms with Crippen LogP contribution in [0.3, 0.4) is 0 Å². The molecule has 0 saturated heterocycles. The minimum absolute atomic E-state index is 0.556. The summed E-state index contributed by atoms with van der Waals surface area (Å²) in [7, 11) is 10.9. The van der Waals surface area contributed by atoms with Crippen molar-refractivity contribution < 1.29 is 17.0 Å². The van der Waals surface area contributed by atoms with E-state index in [0.29, 0.717) is 0 Å². The molecule has 0 bridgehead atoms. The topological polar surface area (TPSA) is 0 Å². The van der Waals surface area contributed by atoms with Crippen LogP contribution in [0.4, 0.5) is 0 Å². The van der Waals surface area contributed by atoms with E-state index < -0.39 is 17.0 Å². The zero-order chi connectivity index (χ0) is 30.7. The Labute approximate surface area is 279 Å². The Morgan fingerprint density at radius 3 is 1.16 bits per heavy atom. The van der Waals surface area contributed by atoms with Crippen molar-refractivity contribution >= 4 is 71.2 Å². The SMILES string of the molecule is C[Si]C.[Cl][Ti][Cl].c1ccc2c(-c3cccc4[cH-]ccc34)cccc2c1.c1ccc2c(-c3cccc4[cH-]ccc34)cccc2c1. The van der Waals surface area contributed by atoms with E-state index in [1.807, 2.05) is 0 Å². The Balaban J connectivity index is 0.000000149. The first kappa shape index (κ1) is 32.0. The van der Waals surface area contributed by atoms with E-state index in [1.54, 1.807) is 0 Å². The van der Waals surface area contributed by atoms with Gasteiger partial charge in [-0.25, -0.2) is 0 Å². The average molecular weight is 660 g/mol. The Hall–Kier alpha value is -3.43. The Morgan fingerprint density at radius 2 is 0.750 bits per heavy atom. The van der Waals surface area contributed by atoms with Crippen molar-refractivity contribution in [3.8, 4) is 22.3 Å². The molecular weight excluding hydrogens is 627 g/mol. The van der Waals surface area contributed by atoms with Gasteiger partial charge >= 0.3 is 35.6 Å². The summed E-state index contributed by atoms with van der Waals surface area (Å²) in [6, 6.07) is 56.2. The van der Waals surface area contributed by atoms with Gasteiger partial charge in [0.2, 0.25) is 0 Å². The molecule has 8 rings (SSSR count). The third-order valence-electron chi connectivity index (χ3n) is 7.52. The van der Waals surface area contributed by atoms with E-state index in [9.17, 15) is 0 Å². The monoisotopic (exact) mass is 658 g/mol. The van der Waals surface area contributed by atoms with Crippen LogP contribution in [0.5, 0.6) is 0 Å². The van der Waals surface area contributed by atoms with Gasteiger partial charge in [0.1, 0.15) is 0 Å². The quantitative estimate of drug-likeness (QED) is 0.128. The van der Waals surface area contributed by atoms with Crippen molar-refractivity contribution in [2.45, 2.75) is 13.1 Å². The van der Waals surface area contributed by atoms with Crippen LogP contribution in [-0.2, 0) is 17.0 Å². The predicted octanol–water partition coefficient (Wildman–Crippen LogP) is 12.9. The second-order valence-corrected chi connectivity index (χ2v) is 13.9. The molecule has 0 saturated carbocycles. The average Bonchev–Trinajstić information content (AvgIpc) is 3.76. The summed E-state index contributed by atoms with van der Waals surface area (Å²) in [5.41, 5.74) is 5.27. The molecule has 0 spiro atoms. The number of hydrogen-bond acceptors (Lipinski definition) is 0. The zero-order valence-corrected chi connectivity index (χ0v) is 28.8. The molecule has 0 aliphatic rings. The Morgan fingerprint density at radius 1 is 0.432 bits per heavy atom. The maximum Gasteiger partial charge on any atom is -0.0114 e. The van der Waals surface area contributed by atoms with E-state index in [1.165, 1.54) is 65.3 Å². The largest absolute Gasteiger partial charge is 0.168 e. The van der Waals surface area contributed by atoms with E-state index in [4.69, 9.17) is 18.6 Å². The number of hydrogen-bond donors (Lipinski definition) is 0. The van der Waals surface area contributed by atoms with E-state index in [2.05, 4.69) is 171 Å². The predicted molar refractivity (Wildman–Crippen MR) is 194 cm³/mol. The van der Waals surface area contributed by atoms with Gasteiger partial charge in [-0.3, -0.25) is 0 Å². The molecule has 44 heavy (non-hydrogen) atoms. The molecule has 0 unspecified atom stereocenters. The van der Waals surface area contributed by atoms with Gasteiger partial charge < -0.3 is 0 Å². The van der Waals surface area contributed by atoms with Crippen molar-refractivity contribution in [3.05, 3.63) is 158 Å². The standard InChI is InChI=1S/2C19H13.C2H6Si.2ClH.Ti/c2*1-2-10-16-14(6-1)8-4-12-18(16)19-13-5-9-15-7-3-11-17(15)19;1-3-2;;;/h2*1-13H;1-2H3;2*1H;/q2*-1;;;;+2/p-2. The van der Waals surface area contributed by atoms with Crippen LogP contribution in [0.1, 0.15) is 0 Å². The first-order chi connectivity index (χ1) is 21.7. The molecule has 0 fully saturated rings. The molecule has 0 aromatic heterocycles. The van der Waals surface area contributed by atoms with Gasteiger partial charge in [0.25, 0.3) is 0 Å². The fourth-order valence-electron chi connectivity index (χ4n) is 5.72. The van der Waals surface area contributed by atoms with E-state index in [-0.39, 0.29) is 0 Å². The summed E-state index contributed by atoms with van der Waals surface area (Å²) < 4.78 is 0. The summed E-state index contributed by atoms with van der Waals surface area (Å²) >= 11 is -0.556. The first-order valence-corrected chi connectivity index (χ1v) is 20.8.